The first-order valence-electron chi connectivity index (χ1n) is 30.7. The fourth-order valence-corrected chi connectivity index (χ4v) is 9.47. The highest BCUT2D eigenvalue weighted by molar-refractivity contribution is 5.71. The van der Waals surface area contributed by atoms with E-state index in [-0.39, 0.29) is 31.1 Å². The number of carbonyl (C=O) groups excluding carboxylic acids is 3. The summed E-state index contributed by atoms with van der Waals surface area (Å²) in [4.78, 5) is 38.2. The van der Waals surface area contributed by atoms with Crippen LogP contribution in [0.2, 0.25) is 0 Å². The topological polar surface area (TPSA) is 78.9 Å². The third kappa shape index (κ3) is 52.2. The second-order valence-corrected chi connectivity index (χ2v) is 22.3. The van der Waals surface area contributed by atoms with Crippen LogP contribution >= 0.6 is 0 Å². The highest BCUT2D eigenvalue weighted by atomic mass is 16.6. The van der Waals surface area contributed by atoms with Gasteiger partial charge in [0.15, 0.2) is 6.10 Å². The summed E-state index contributed by atoms with van der Waals surface area (Å²) in [6, 6.07) is 0. The molecule has 0 aromatic heterocycles. The molecule has 0 heterocycles. The van der Waals surface area contributed by atoms with Crippen molar-refractivity contribution < 1.29 is 28.6 Å². The van der Waals surface area contributed by atoms with Gasteiger partial charge >= 0.3 is 17.9 Å². The summed E-state index contributed by atoms with van der Waals surface area (Å²) in [5.41, 5.74) is 0. The van der Waals surface area contributed by atoms with Crippen LogP contribution in [0.25, 0.3) is 0 Å². The molecule has 0 spiro atoms. The molecular formula is C62H120O6. The molecule has 6 heteroatoms. The molecule has 404 valence electrons. The molecule has 0 aliphatic heterocycles. The number of ether oxygens (including phenoxy) is 3. The van der Waals surface area contributed by atoms with E-state index in [1.165, 1.54) is 225 Å². The normalized spacial score (nSPS) is 12.9. The molecule has 0 amide bonds. The lowest BCUT2D eigenvalue weighted by Crippen LogP contribution is -2.30. The van der Waals surface area contributed by atoms with E-state index >= 15 is 0 Å². The molecule has 0 aliphatic rings. The molecule has 68 heavy (non-hydrogen) atoms. The Kier molecular flexibility index (Phi) is 52.0. The number of rotatable bonds is 55. The molecule has 0 bridgehead atoms. The Morgan fingerprint density at radius 1 is 0.294 bits per heavy atom. The monoisotopic (exact) mass is 961 g/mol. The highest BCUT2D eigenvalue weighted by Gasteiger charge is 2.19. The quantitative estimate of drug-likeness (QED) is 0.0343. The van der Waals surface area contributed by atoms with Crippen LogP contribution in [0.1, 0.15) is 343 Å². The molecule has 0 N–H and O–H groups in total. The summed E-state index contributed by atoms with van der Waals surface area (Å²) in [6.07, 6.45) is 56.5. The second-order valence-electron chi connectivity index (χ2n) is 22.3. The third-order valence-electron chi connectivity index (χ3n) is 14.9. The highest BCUT2D eigenvalue weighted by Crippen LogP contribution is 2.19. The van der Waals surface area contributed by atoms with Crippen LogP contribution in [0.15, 0.2) is 0 Å². The first-order chi connectivity index (χ1) is 33.2. The lowest BCUT2D eigenvalue weighted by atomic mass is 9.99. The van der Waals surface area contributed by atoms with E-state index in [2.05, 4.69) is 41.5 Å². The number of unbranched alkanes of at least 4 members (excludes halogenated alkanes) is 36. The fraction of sp³-hybridized carbons (Fsp3) is 0.952. The molecule has 0 rings (SSSR count). The maximum Gasteiger partial charge on any atom is 0.306 e. The van der Waals surface area contributed by atoms with Gasteiger partial charge in [-0.25, -0.2) is 0 Å². The summed E-state index contributed by atoms with van der Waals surface area (Å²) >= 11 is 0. The molecule has 0 saturated heterocycles. The fourth-order valence-electron chi connectivity index (χ4n) is 9.47. The summed E-state index contributed by atoms with van der Waals surface area (Å²) in [5, 5.41) is 0. The molecule has 3 atom stereocenters. The van der Waals surface area contributed by atoms with Gasteiger partial charge in [0.25, 0.3) is 0 Å². The van der Waals surface area contributed by atoms with E-state index < -0.39 is 6.10 Å². The van der Waals surface area contributed by atoms with Crippen molar-refractivity contribution in [2.24, 2.45) is 17.8 Å². The third-order valence-corrected chi connectivity index (χ3v) is 14.9. The van der Waals surface area contributed by atoms with Gasteiger partial charge in [-0.1, -0.05) is 305 Å². The van der Waals surface area contributed by atoms with Gasteiger partial charge in [0.05, 0.1) is 0 Å². The minimum atomic E-state index is -0.764. The zero-order valence-electron chi connectivity index (χ0n) is 46.9. The predicted octanol–water partition coefficient (Wildman–Crippen LogP) is 20.3. The summed E-state index contributed by atoms with van der Waals surface area (Å²) < 4.78 is 16.9. The Morgan fingerprint density at radius 2 is 0.515 bits per heavy atom. The number of hydrogen-bond acceptors (Lipinski definition) is 6. The van der Waals surface area contributed by atoms with Crippen molar-refractivity contribution in [2.45, 2.75) is 349 Å². The molecule has 0 radical (unpaired) electrons. The maximum atomic E-state index is 12.9. The lowest BCUT2D eigenvalue weighted by Gasteiger charge is -2.18. The Hall–Kier alpha value is -1.59. The number of carbonyl (C=O) groups is 3. The van der Waals surface area contributed by atoms with Crippen LogP contribution in [-0.4, -0.2) is 37.2 Å². The van der Waals surface area contributed by atoms with E-state index in [0.29, 0.717) is 19.3 Å². The van der Waals surface area contributed by atoms with Crippen LogP contribution in [0.3, 0.4) is 0 Å². The predicted molar refractivity (Wildman–Crippen MR) is 293 cm³/mol. The first-order valence-corrected chi connectivity index (χ1v) is 30.7. The van der Waals surface area contributed by atoms with Crippen LogP contribution in [0.5, 0.6) is 0 Å². The average Bonchev–Trinajstić information content (AvgIpc) is 3.33. The smallest absolute Gasteiger partial charge is 0.306 e. The Labute approximate surface area is 425 Å². The minimum Gasteiger partial charge on any atom is -0.462 e. The summed E-state index contributed by atoms with van der Waals surface area (Å²) in [5.74, 6) is 1.77. The molecule has 0 aromatic rings. The number of esters is 3. The molecule has 0 fully saturated rings. The SMILES string of the molecule is CCC(C)CCCCCCCCCCCCCCCCC(=O)O[C@H](COC(=O)CCCCCCCCCCCCCCCCCC(C)C)COC(=O)CCCCCCCCCCCCC(C)CC. The van der Waals surface area contributed by atoms with Crippen molar-refractivity contribution in [1.29, 1.82) is 0 Å². The van der Waals surface area contributed by atoms with Crippen LogP contribution < -0.4 is 0 Å². The van der Waals surface area contributed by atoms with Gasteiger partial charge in [-0.3, -0.25) is 14.4 Å². The lowest BCUT2D eigenvalue weighted by molar-refractivity contribution is -0.167. The van der Waals surface area contributed by atoms with E-state index in [1.807, 2.05) is 0 Å². The zero-order chi connectivity index (χ0) is 49.8. The van der Waals surface area contributed by atoms with E-state index in [9.17, 15) is 14.4 Å². The van der Waals surface area contributed by atoms with Crippen molar-refractivity contribution in [2.75, 3.05) is 13.2 Å². The summed E-state index contributed by atoms with van der Waals surface area (Å²) in [7, 11) is 0. The largest absolute Gasteiger partial charge is 0.462 e. The average molecular weight is 962 g/mol. The van der Waals surface area contributed by atoms with Crippen molar-refractivity contribution in [3.05, 3.63) is 0 Å². The van der Waals surface area contributed by atoms with Gasteiger partial charge in [0.1, 0.15) is 13.2 Å². The Bertz CT molecular complexity index is 1060. The van der Waals surface area contributed by atoms with E-state index in [1.54, 1.807) is 0 Å². The minimum absolute atomic E-state index is 0.0631. The van der Waals surface area contributed by atoms with Crippen LogP contribution in [0, 0.1) is 17.8 Å². The van der Waals surface area contributed by atoms with Gasteiger partial charge in [0.2, 0.25) is 0 Å². The van der Waals surface area contributed by atoms with Gasteiger partial charge in [-0.15, -0.1) is 0 Å². The first kappa shape index (κ1) is 66.4. The van der Waals surface area contributed by atoms with Gasteiger partial charge in [-0.2, -0.15) is 0 Å². The Morgan fingerprint density at radius 3 is 0.765 bits per heavy atom. The molecular weight excluding hydrogens is 841 g/mol. The van der Waals surface area contributed by atoms with Gasteiger partial charge < -0.3 is 14.2 Å². The zero-order valence-corrected chi connectivity index (χ0v) is 46.9. The van der Waals surface area contributed by atoms with Gasteiger partial charge in [-0.05, 0) is 37.0 Å². The number of hydrogen-bond donors (Lipinski definition) is 0. The van der Waals surface area contributed by atoms with E-state index in [4.69, 9.17) is 14.2 Å². The van der Waals surface area contributed by atoms with Crippen LogP contribution in [0.4, 0.5) is 0 Å². The van der Waals surface area contributed by atoms with Crippen LogP contribution in [-0.2, 0) is 28.6 Å². The molecule has 2 unspecified atom stereocenters. The van der Waals surface area contributed by atoms with Crippen molar-refractivity contribution in [3.8, 4) is 0 Å². The molecule has 0 saturated carbocycles. The molecule has 0 aromatic carbocycles. The summed E-state index contributed by atoms with van der Waals surface area (Å²) in [6.45, 7) is 13.8. The second kappa shape index (κ2) is 53.2. The van der Waals surface area contributed by atoms with Gasteiger partial charge in [0, 0.05) is 19.3 Å². The standard InChI is InChI=1S/C62H120O6/c1-7-57(5)49-43-37-31-25-19-15-12-13-17-21-29-35-41-47-53-62(65)68-59(55-67-61(64)52-46-40-34-28-23-22-26-32-38-44-50-58(6)8-2)54-66-60(63)51-45-39-33-27-20-16-11-9-10-14-18-24-30-36-42-48-56(3)4/h56-59H,7-55H2,1-6H3/t57?,58?,59-/m1/s1. The van der Waals surface area contributed by atoms with Crippen molar-refractivity contribution in [1.82, 2.24) is 0 Å². The molecule has 6 nitrogen and oxygen atoms in total. The van der Waals surface area contributed by atoms with E-state index in [0.717, 1.165) is 75.5 Å². The maximum absolute atomic E-state index is 12.9. The Balaban J connectivity index is 4.30. The van der Waals surface area contributed by atoms with Crippen molar-refractivity contribution in [3.63, 3.8) is 0 Å². The van der Waals surface area contributed by atoms with Crippen molar-refractivity contribution >= 4 is 17.9 Å². The molecule has 0 aliphatic carbocycles.